The highest BCUT2D eigenvalue weighted by molar-refractivity contribution is 7.93. The summed E-state index contributed by atoms with van der Waals surface area (Å²) in [6, 6.07) is 20.7. The van der Waals surface area contributed by atoms with Gasteiger partial charge >= 0.3 is 6.03 Å². The molecule has 0 saturated heterocycles. The van der Waals surface area contributed by atoms with Crippen molar-refractivity contribution in [1.82, 2.24) is 5.32 Å². The van der Waals surface area contributed by atoms with E-state index in [0.717, 1.165) is 0 Å². The van der Waals surface area contributed by atoms with Crippen LogP contribution < -0.4 is 10.6 Å². The molecule has 1 atom stereocenters. The van der Waals surface area contributed by atoms with E-state index in [4.69, 9.17) is 0 Å². The van der Waals surface area contributed by atoms with Gasteiger partial charge in [-0.25, -0.2) is 13.2 Å². The quantitative estimate of drug-likeness (QED) is 0.670. The molecular weight excluding hydrogens is 368 g/mol. The Morgan fingerprint density at radius 1 is 0.923 bits per heavy atom. The highest BCUT2D eigenvalue weighted by Gasteiger charge is 2.30. The van der Waals surface area contributed by atoms with Crippen molar-refractivity contribution in [2.24, 2.45) is 0 Å². The first-order valence-corrected chi connectivity index (χ1v) is 10.4. The van der Waals surface area contributed by atoms with Crippen LogP contribution in [0.2, 0.25) is 0 Å². The molecule has 134 valence electrons. The molecule has 0 fully saturated rings. The van der Waals surface area contributed by atoms with E-state index in [9.17, 15) is 13.2 Å². The second kappa shape index (κ2) is 8.16. The molecule has 2 amide bonds. The van der Waals surface area contributed by atoms with Gasteiger partial charge in [0.15, 0.2) is 9.84 Å². The molecule has 1 aromatic heterocycles. The first kappa shape index (κ1) is 18.2. The van der Waals surface area contributed by atoms with Gasteiger partial charge in [0.1, 0.15) is 9.46 Å². The number of nitrogens with one attached hydrogen (secondary N) is 2. The Labute approximate surface area is 156 Å². The SMILES string of the molecule is O=C(NCC(c1ccccc1)S(=O)(=O)c1cccs1)Nc1ccccc1. The average Bonchev–Trinajstić information content (AvgIpc) is 3.19. The number of carbonyl (C=O) groups is 1. The fourth-order valence-electron chi connectivity index (χ4n) is 2.52. The van der Waals surface area contributed by atoms with E-state index in [0.29, 0.717) is 11.3 Å². The van der Waals surface area contributed by atoms with Crippen molar-refractivity contribution in [1.29, 1.82) is 0 Å². The van der Waals surface area contributed by atoms with E-state index < -0.39 is 21.1 Å². The highest BCUT2D eigenvalue weighted by atomic mass is 32.2. The van der Waals surface area contributed by atoms with Crippen LogP contribution in [0, 0.1) is 0 Å². The van der Waals surface area contributed by atoms with Gasteiger partial charge in [-0.05, 0) is 29.1 Å². The van der Waals surface area contributed by atoms with E-state index in [1.807, 2.05) is 24.3 Å². The minimum atomic E-state index is -3.60. The molecule has 7 heteroatoms. The molecule has 3 rings (SSSR count). The minimum absolute atomic E-state index is 0.0249. The average molecular weight is 386 g/mol. The number of sulfone groups is 1. The monoisotopic (exact) mass is 386 g/mol. The Bertz CT molecular complexity index is 941. The third kappa shape index (κ3) is 4.30. The third-order valence-corrected chi connectivity index (χ3v) is 7.33. The van der Waals surface area contributed by atoms with Gasteiger partial charge in [-0.2, -0.15) is 0 Å². The highest BCUT2D eigenvalue weighted by Crippen LogP contribution is 2.31. The van der Waals surface area contributed by atoms with Gasteiger partial charge < -0.3 is 10.6 Å². The van der Waals surface area contributed by atoms with Crippen LogP contribution in [-0.2, 0) is 9.84 Å². The Morgan fingerprint density at radius 3 is 2.19 bits per heavy atom. The number of rotatable bonds is 6. The number of benzene rings is 2. The van der Waals surface area contributed by atoms with Crippen LogP contribution in [0.25, 0.3) is 0 Å². The summed E-state index contributed by atoms with van der Waals surface area (Å²) in [7, 11) is -3.60. The summed E-state index contributed by atoms with van der Waals surface area (Å²) in [5.74, 6) is 0. The molecular formula is C19H18N2O3S2. The van der Waals surface area contributed by atoms with Crippen molar-refractivity contribution in [3.63, 3.8) is 0 Å². The minimum Gasteiger partial charge on any atom is -0.336 e. The molecule has 3 aromatic rings. The van der Waals surface area contributed by atoms with Gasteiger partial charge in [0.2, 0.25) is 0 Å². The number of anilines is 1. The van der Waals surface area contributed by atoms with Crippen LogP contribution in [0.4, 0.5) is 10.5 Å². The Kier molecular flexibility index (Phi) is 5.70. The summed E-state index contributed by atoms with van der Waals surface area (Å²) in [5.41, 5.74) is 1.28. The molecule has 26 heavy (non-hydrogen) atoms. The first-order chi connectivity index (χ1) is 12.6. The molecule has 0 aliphatic heterocycles. The first-order valence-electron chi connectivity index (χ1n) is 7.99. The van der Waals surface area contributed by atoms with Gasteiger partial charge in [-0.3, -0.25) is 0 Å². The van der Waals surface area contributed by atoms with Crippen molar-refractivity contribution >= 4 is 32.9 Å². The number of hydrogen-bond donors (Lipinski definition) is 2. The number of para-hydroxylation sites is 1. The lowest BCUT2D eigenvalue weighted by Crippen LogP contribution is -2.34. The maximum atomic E-state index is 13.0. The van der Waals surface area contributed by atoms with E-state index >= 15 is 0 Å². The van der Waals surface area contributed by atoms with E-state index in [1.54, 1.807) is 53.9 Å². The second-order valence-corrected chi connectivity index (χ2v) is 8.88. The zero-order chi connectivity index (χ0) is 18.4. The Morgan fingerprint density at radius 2 is 1.58 bits per heavy atom. The smallest absolute Gasteiger partial charge is 0.319 e. The van der Waals surface area contributed by atoms with Crippen LogP contribution in [-0.4, -0.2) is 21.0 Å². The van der Waals surface area contributed by atoms with Crippen LogP contribution in [0.5, 0.6) is 0 Å². The van der Waals surface area contributed by atoms with Crippen molar-refractivity contribution in [2.75, 3.05) is 11.9 Å². The summed E-state index contributed by atoms with van der Waals surface area (Å²) >= 11 is 1.17. The fourth-order valence-corrected chi connectivity index (χ4v) is 5.39. The van der Waals surface area contributed by atoms with Crippen molar-refractivity contribution in [3.8, 4) is 0 Å². The maximum absolute atomic E-state index is 13.0. The maximum Gasteiger partial charge on any atom is 0.319 e. The molecule has 0 saturated carbocycles. The molecule has 0 radical (unpaired) electrons. The molecule has 2 aromatic carbocycles. The van der Waals surface area contributed by atoms with E-state index in [-0.39, 0.29) is 10.8 Å². The Hall–Kier alpha value is -2.64. The third-order valence-electron chi connectivity index (χ3n) is 3.80. The second-order valence-electron chi connectivity index (χ2n) is 5.58. The number of thiophene rings is 1. The molecule has 0 spiro atoms. The summed E-state index contributed by atoms with van der Waals surface area (Å²) in [5, 5.41) is 6.24. The van der Waals surface area contributed by atoms with Crippen molar-refractivity contribution < 1.29 is 13.2 Å². The zero-order valence-corrected chi connectivity index (χ0v) is 15.5. The molecule has 2 N–H and O–H groups in total. The van der Waals surface area contributed by atoms with E-state index in [1.165, 1.54) is 11.3 Å². The normalized spacial score (nSPS) is 12.3. The lowest BCUT2D eigenvalue weighted by molar-refractivity contribution is 0.252. The van der Waals surface area contributed by atoms with Crippen LogP contribution in [0.15, 0.2) is 82.4 Å². The molecule has 5 nitrogen and oxygen atoms in total. The van der Waals surface area contributed by atoms with Gasteiger partial charge in [-0.15, -0.1) is 11.3 Å². The van der Waals surface area contributed by atoms with Crippen LogP contribution in [0.1, 0.15) is 10.8 Å². The lowest BCUT2D eigenvalue weighted by atomic mass is 10.1. The molecule has 1 heterocycles. The summed E-state index contributed by atoms with van der Waals surface area (Å²) < 4.78 is 26.3. The Balaban J connectivity index is 1.78. The number of hydrogen-bond acceptors (Lipinski definition) is 4. The number of amides is 2. The lowest BCUT2D eigenvalue weighted by Gasteiger charge is -2.18. The number of urea groups is 1. The molecule has 1 unspecified atom stereocenters. The van der Waals surface area contributed by atoms with E-state index in [2.05, 4.69) is 10.6 Å². The fraction of sp³-hybridized carbons (Fsp3) is 0.105. The standard InChI is InChI=1S/C19H18N2O3S2/c22-19(21-16-10-5-2-6-11-16)20-14-17(15-8-3-1-4-9-15)26(23,24)18-12-7-13-25-18/h1-13,17H,14H2,(H2,20,21,22). The van der Waals surface area contributed by atoms with Crippen LogP contribution in [0.3, 0.4) is 0 Å². The van der Waals surface area contributed by atoms with Gasteiger partial charge in [-0.1, -0.05) is 54.6 Å². The van der Waals surface area contributed by atoms with Crippen LogP contribution >= 0.6 is 11.3 Å². The summed E-state index contributed by atoms with van der Waals surface area (Å²) in [6.07, 6.45) is 0. The predicted molar refractivity (Wildman–Crippen MR) is 104 cm³/mol. The molecule has 0 aliphatic rings. The topological polar surface area (TPSA) is 75.3 Å². The zero-order valence-electron chi connectivity index (χ0n) is 13.8. The van der Waals surface area contributed by atoms with Gasteiger partial charge in [0, 0.05) is 12.2 Å². The predicted octanol–water partition coefficient (Wildman–Crippen LogP) is 4.08. The largest absolute Gasteiger partial charge is 0.336 e. The molecule has 0 bridgehead atoms. The summed E-state index contributed by atoms with van der Waals surface area (Å²) in [4.78, 5) is 12.1. The van der Waals surface area contributed by atoms with Crippen molar-refractivity contribution in [3.05, 3.63) is 83.7 Å². The van der Waals surface area contributed by atoms with Gasteiger partial charge in [0.05, 0.1) is 0 Å². The number of carbonyl (C=O) groups excluding carboxylic acids is 1. The summed E-state index contributed by atoms with van der Waals surface area (Å²) in [6.45, 7) is -0.0249. The van der Waals surface area contributed by atoms with Gasteiger partial charge in [0.25, 0.3) is 0 Å². The molecule has 0 aliphatic carbocycles. The van der Waals surface area contributed by atoms with Crippen molar-refractivity contribution in [2.45, 2.75) is 9.46 Å².